The molecule has 1 aromatic heterocycles. The van der Waals surface area contributed by atoms with Gasteiger partial charge in [-0.2, -0.15) is 4.31 Å². The molecule has 2 aromatic rings. The number of anilines is 1. The normalized spacial score (nSPS) is 15.7. The highest BCUT2D eigenvalue weighted by atomic mass is 35.5. The monoisotopic (exact) mass is 460 g/mol. The van der Waals surface area contributed by atoms with E-state index >= 15 is 0 Å². The third kappa shape index (κ3) is 5.04. The molecule has 1 saturated heterocycles. The molecular weight excluding hydrogens is 440 g/mol. The van der Waals surface area contributed by atoms with Crippen molar-refractivity contribution in [1.29, 1.82) is 0 Å². The average Bonchev–Trinajstić information content (AvgIpc) is 3.08. The molecule has 0 saturated carbocycles. The number of aromatic nitrogens is 2. The first-order valence-corrected chi connectivity index (χ1v) is 12.4. The fraction of sp³-hybridized carbons (Fsp3) is 0.471. The Bertz CT molecular complexity index is 956. The lowest BCUT2D eigenvalue weighted by Gasteiger charge is -2.26. The fourth-order valence-corrected chi connectivity index (χ4v) is 6.48. The Hall–Kier alpha value is -1.20. The Morgan fingerprint density at radius 2 is 1.96 bits per heavy atom. The number of carbonyl (C=O) groups excluding carboxylic acids is 1. The smallest absolute Gasteiger partial charge is 0.259 e. The van der Waals surface area contributed by atoms with Crippen molar-refractivity contribution >= 4 is 55.8 Å². The number of hydrogen-bond acceptors (Lipinski definition) is 7. The summed E-state index contributed by atoms with van der Waals surface area (Å²) in [6.07, 6.45) is 2.71. The van der Waals surface area contributed by atoms with Crippen LogP contribution in [0.2, 0.25) is 5.02 Å². The standard InChI is InChI=1S/C17H21ClN4O3S3/c1-11(2)26-17-21-20-16(27-17)19-15(23)13-10-12(6-7-14(13)18)28(24,25)22-8-4-3-5-9-22/h6-7,10-11H,3-5,8-9H2,1-2H3,(H,19,20,23). The maximum atomic E-state index is 12.9. The lowest BCUT2D eigenvalue weighted by atomic mass is 10.2. The fourth-order valence-electron chi connectivity index (χ4n) is 2.77. The predicted molar refractivity (Wildman–Crippen MR) is 113 cm³/mol. The summed E-state index contributed by atoms with van der Waals surface area (Å²) in [4.78, 5) is 12.7. The van der Waals surface area contributed by atoms with Crippen molar-refractivity contribution in [2.24, 2.45) is 0 Å². The number of carbonyl (C=O) groups is 1. The highest BCUT2D eigenvalue weighted by Crippen LogP contribution is 2.30. The summed E-state index contributed by atoms with van der Waals surface area (Å²) < 4.78 is 27.9. The highest BCUT2D eigenvalue weighted by molar-refractivity contribution is 8.01. The first kappa shape index (κ1) is 21.5. The molecule has 1 amide bonds. The van der Waals surface area contributed by atoms with Gasteiger partial charge in [-0.1, -0.05) is 55.0 Å². The second kappa shape index (κ2) is 9.08. The van der Waals surface area contributed by atoms with Gasteiger partial charge in [-0.3, -0.25) is 10.1 Å². The van der Waals surface area contributed by atoms with E-state index < -0.39 is 15.9 Å². The molecule has 1 aromatic carbocycles. The molecule has 1 aliphatic heterocycles. The van der Waals surface area contributed by atoms with Crippen LogP contribution < -0.4 is 5.32 Å². The minimum absolute atomic E-state index is 0.0669. The number of amides is 1. The Morgan fingerprint density at radius 3 is 2.64 bits per heavy atom. The van der Waals surface area contributed by atoms with Gasteiger partial charge in [-0.25, -0.2) is 8.42 Å². The molecule has 7 nitrogen and oxygen atoms in total. The van der Waals surface area contributed by atoms with Crippen molar-refractivity contribution in [3.05, 3.63) is 28.8 Å². The van der Waals surface area contributed by atoms with Crippen LogP contribution in [-0.2, 0) is 10.0 Å². The van der Waals surface area contributed by atoms with E-state index in [-0.39, 0.29) is 15.5 Å². The van der Waals surface area contributed by atoms with Crippen LogP contribution in [0.3, 0.4) is 0 Å². The van der Waals surface area contributed by atoms with E-state index in [1.54, 1.807) is 11.8 Å². The number of sulfonamides is 1. The van der Waals surface area contributed by atoms with E-state index in [2.05, 4.69) is 15.5 Å². The Labute approximate surface area is 177 Å². The van der Waals surface area contributed by atoms with Gasteiger partial charge in [0.15, 0.2) is 4.34 Å². The predicted octanol–water partition coefficient (Wildman–Crippen LogP) is 4.12. The quantitative estimate of drug-likeness (QED) is 0.515. The minimum atomic E-state index is -3.65. The van der Waals surface area contributed by atoms with Gasteiger partial charge in [0, 0.05) is 18.3 Å². The Balaban J connectivity index is 1.80. The molecule has 1 aliphatic rings. The van der Waals surface area contributed by atoms with Gasteiger partial charge in [-0.15, -0.1) is 10.2 Å². The van der Waals surface area contributed by atoms with Gasteiger partial charge in [0.2, 0.25) is 15.2 Å². The van der Waals surface area contributed by atoms with Gasteiger partial charge < -0.3 is 0 Å². The Morgan fingerprint density at radius 1 is 1.25 bits per heavy atom. The topological polar surface area (TPSA) is 92.3 Å². The molecule has 0 bridgehead atoms. The molecule has 1 N–H and O–H groups in total. The van der Waals surface area contributed by atoms with Crippen LogP contribution in [-0.4, -0.2) is 47.2 Å². The zero-order valence-electron chi connectivity index (χ0n) is 15.5. The first-order valence-electron chi connectivity index (χ1n) is 8.88. The van der Waals surface area contributed by atoms with E-state index in [1.165, 1.54) is 33.8 Å². The summed E-state index contributed by atoms with van der Waals surface area (Å²) in [5.74, 6) is -0.516. The molecular formula is C17H21ClN4O3S3. The molecule has 0 unspecified atom stereocenters. The van der Waals surface area contributed by atoms with E-state index in [4.69, 9.17) is 11.6 Å². The third-order valence-electron chi connectivity index (χ3n) is 4.10. The van der Waals surface area contributed by atoms with Crippen LogP contribution >= 0.6 is 34.7 Å². The van der Waals surface area contributed by atoms with E-state index in [0.29, 0.717) is 23.5 Å². The van der Waals surface area contributed by atoms with Crippen LogP contribution in [0.25, 0.3) is 0 Å². The van der Waals surface area contributed by atoms with Crippen LogP contribution in [0.15, 0.2) is 27.4 Å². The molecule has 0 atom stereocenters. The van der Waals surface area contributed by atoms with Crippen molar-refractivity contribution in [3.8, 4) is 0 Å². The van der Waals surface area contributed by atoms with E-state index in [1.807, 2.05) is 13.8 Å². The van der Waals surface area contributed by atoms with Gasteiger partial charge in [0.1, 0.15) is 0 Å². The highest BCUT2D eigenvalue weighted by Gasteiger charge is 2.27. The van der Waals surface area contributed by atoms with Crippen molar-refractivity contribution in [3.63, 3.8) is 0 Å². The SMILES string of the molecule is CC(C)Sc1nnc(NC(=O)c2cc(S(=O)(=O)N3CCCCC3)ccc2Cl)s1. The van der Waals surface area contributed by atoms with Gasteiger partial charge in [-0.05, 0) is 31.0 Å². The summed E-state index contributed by atoms with van der Waals surface area (Å²) in [5, 5.41) is 11.5. The summed E-state index contributed by atoms with van der Waals surface area (Å²) >= 11 is 8.97. The van der Waals surface area contributed by atoms with Gasteiger partial charge >= 0.3 is 0 Å². The molecule has 11 heteroatoms. The summed E-state index contributed by atoms with van der Waals surface area (Å²) in [5.41, 5.74) is 0.0908. The molecule has 3 rings (SSSR count). The minimum Gasteiger partial charge on any atom is -0.296 e. The number of thioether (sulfide) groups is 1. The number of nitrogens with zero attached hydrogens (tertiary/aromatic N) is 3. The lowest BCUT2D eigenvalue weighted by molar-refractivity contribution is 0.102. The first-order chi connectivity index (χ1) is 13.3. The second-order valence-corrected chi connectivity index (χ2v) is 11.7. The molecule has 0 spiro atoms. The molecule has 2 heterocycles. The molecule has 0 aliphatic carbocycles. The molecule has 28 heavy (non-hydrogen) atoms. The molecule has 1 fully saturated rings. The van der Waals surface area contributed by atoms with E-state index in [0.717, 1.165) is 23.6 Å². The van der Waals surface area contributed by atoms with Crippen LogP contribution in [0.5, 0.6) is 0 Å². The zero-order valence-corrected chi connectivity index (χ0v) is 18.7. The van der Waals surface area contributed by atoms with Gasteiger partial charge in [0.05, 0.1) is 15.5 Å². The number of piperidine rings is 1. The maximum absolute atomic E-state index is 12.9. The molecule has 0 radical (unpaired) electrons. The number of nitrogens with one attached hydrogen (secondary N) is 1. The summed E-state index contributed by atoms with van der Waals surface area (Å²) in [6, 6.07) is 4.20. The van der Waals surface area contributed by atoms with Crippen molar-refractivity contribution in [2.75, 3.05) is 18.4 Å². The Kier molecular flexibility index (Phi) is 6.98. The maximum Gasteiger partial charge on any atom is 0.259 e. The van der Waals surface area contributed by atoms with Gasteiger partial charge in [0.25, 0.3) is 5.91 Å². The number of halogens is 1. The third-order valence-corrected chi connectivity index (χ3v) is 8.25. The zero-order chi connectivity index (χ0) is 20.3. The summed E-state index contributed by atoms with van der Waals surface area (Å²) in [6.45, 7) is 5.07. The van der Waals surface area contributed by atoms with Crippen molar-refractivity contribution in [2.45, 2.75) is 47.6 Å². The molecule has 152 valence electrons. The summed E-state index contributed by atoms with van der Waals surface area (Å²) in [7, 11) is -3.65. The van der Waals surface area contributed by atoms with Crippen molar-refractivity contribution < 1.29 is 13.2 Å². The van der Waals surface area contributed by atoms with Crippen LogP contribution in [0.1, 0.15) is 43.5 Å². The largest absolute Gasteiger partial charge is 0.296 e. The van der Waals surface area contributed by atoms with E-state index in [9.17, 15) is 13.2 Å². The second-order valence-electron chi connectivity index (χ2n) is 6.60. The van der Waals surface area contributed by atoms with Crippen molar-refractivity contribution in [1.82, 2.24) is 14.5 Å². The van der Waals surface area contributed by atoms with Crippen LogP contribution in [0.4, 0.5) is 5.13 Å². The number of benzene rings is 1. The van der Waals surface area contributed by atoms with Crippen LogP contribution in [0, 0.1) is 0 Å². The average molecular weight is 461 g/mol. The lowest BCUT2D eigenvalue weighted by Crippen LogP contribution is -2.35. The number of rotatable bonds is 6. The number of hydrogen-bond donors (Lipinski definition) is 1.